The number of hydrogen-bond acceptors (Lipinski definition) is 4. The molecule has 3 rings (SSSR count). The zero-order valence-electron chi connectivity index (χ0n) is 10.5. The van der Waals surface area contributed by atoms with Crippen molar-refractivity contribution in [3.05, 3.63) is 34.7 Å². The van der Waals surface area contributed by atoms with E-state index >= 15 is 0 Å². The normalized spacial score (nSPS) is 23.3. The highest BCUT2D eigenvalue weighted by Gasteiger charge is 2.31. The van der Waals surface area contributed by atoms with E-state index in [0.29, 0.717) is 13.1 Å². The van der Waals surface area contributed by atoms with Gasteiger partial charge in [0.15, 0.2) is 0 Å². The third-order valence-corrected chi connectivity index (χ3v) is 5.09. The molecule has 2 N–H and O–H groups in total. The largest absolute Gasteiger partial charge is 0.388 e. The fraction of sp³-hybridized carbons (Fsp3) is 0.462. The molecule has 1 saturated heterocycles. The van der Waals surface area contributed by atoms with Gasteiger partial charge in [-0.05, 0) is 40.2 Å². The molecule has 0 spiro atoms. The highest BCUT2D eigenvalue weighted by Crippen LogP contribution is 2.27. The number of aliphatic hydroxyl groups is 1. The lowest BCUT2D eigenvalue weighted by Gasteiger charge is -2.21. The Hall–Kier alpha value is -0.560. The first-order chi connectivity index (χ1) is 9.16. The quantitative estimate of drug-likeness (QED) is 0.893. The minimum Gasteiger partial charge on any atom is -0.388 e. The highest BCUT2D eigenvalue weighted by atomic mass is 79.9. The van der Waals surface area contributed by atoms with Gasteiger partial charge in [-0.3, -0.25) is 0 Å². The number of nitrogens with one attached hydrogen (secondary N) is 1. The lowest BCUT2D eigenvalue weighted by Crippen LogP contribution is -2.40. The molecule has 1 fully saturated rings. The molecular weight excluding hydrogens is 326 g/mol. The van der Waals surface area contributed by atoms with Gasteiger partial charge < -0.3 is 14.8 Å². The van der Waals surface area contributed by atoms with Crippen molar-refractivity contribution in [3.63, 3.8) is 0 Å². The fourth-order valence-corrected chi connectivity index (χ4v) is 3.93. The van der Waals surface area contributed by atoms with Gasteiger partial charge in [0, 0.05) is 29.5 Å². The summed E-state index contributed by atoms with van der Waals surface area (Å²) in [6.07, 6.45) is 4.77. The Balaban J connectivity index is 1.67. The number of imidazole rings is 1. The number of thioether (sulfide) groups is 1. The van der Waals surface area contributed by atoms with E-state index in [-0.39, 0.29) is 0 Å². The van der Waals surface area contributed by atoms with E-state index < -0.39 is 5.60 Å². The molecule has 1 aliphatic heterocycles. The lowest BCUT2D eigenvalue weighted by molar-refractivity contribution is 0.0673. The van der Waals surface area contributed by atoms with Crippen molar-refractivity contribution in [2.24, 2.45) is 0 Å². The van der Waals surface area contributed by atoms with Gasteiger partial charge in [0.2, 0.25) is 0 Å². The van der Waals surface area contributed by atoms with Gasteiger partial charge in [0.1, 0.15) is 5.65 Å². The predicted molar refractivity (Wildman–Crippen MR) is 81.5 cm³/mol. The SMILES string of the molecule is OC1(CNCc2cnc3ccc(Br)cn23)CCSC1. The molecule has 1 aliphatic rings. The first-order valence-electron chi connectivity index (χ1n) is 6.29. The molecule has 0 saturated carbocycles. The maximum atomic E-state index is 10.3. The Labute approximate surface area is 124 Å². The van der Waals surface area contributed by atoms with Crippen LogP contribution in [0.3, 0.4) is 0 Å². The van der Waals surface area contributed by atoms with E-state index in [1.807, 2.05) is 36.3 Å². The number of halogens is 1. The number of pyridine rings is 1. The number of hydrogen-bond donors (Lipinski definition) is 2. The number of fused-ring (bicyclic) bond motifs is 1. The average molecular weight is 342 g/mol. The average Bonchev–Trinajstić information content (AvgIpc) is 2.97. The molecule has 3 heterocycles. The topological polar surface area (TPSA) is 49.6 Å². The van der Waals surface area contributed by atoms with Gasteiger partial charge >= 0.3 is 0 Å². The van der Waals surface area contributed by atoms with Gasteiger partial charge in [-0.1, -0.05) is 0 Å². The van der Waals surface area contributed by atoms with Crippen LogP contribution >= 0.6 is 27.7 Å². The molecule has 1 unspecified atom stereocenters. The maximum Gasteiger partial charge on any atom is 0.136 e. The number of rotatable bonds is 4. The lowest BCUT2D eigenvalue weighted by atomic mass is 10.0. The van der Waals surface area contributed by atoms with Crippen molar-refractivity contribution in [2.75, 3.05) is 18.1 Å². The Morgan fingerprint density at radius 3 is 3.21 bits per heavy atom. The molecule has 0 amide bonds. The Kier molecular flexibility index (Phi) is 3.84. The van der Waals surface area contributed by atoms with Crippen LogP contribution in [0.2, 0.25) is 0 Å². The van der Waals surface area contributed by atoms with Crippen LogP contribution in [-0.2, 0) is 6.54 Å². The van der Waals surface area contributed by atoms with Crippen LogP contribution in [0.25, 0.3) is 5.65 Å². The first kappa shape index (κ1) is 13.4. The summed E-state index contributed by atoms with van der Waals surface area (Å²) in [6.45, 7) is 1.35. The second-order valence-electron chi connectivity index (χ2n) is 4.96. The van der Waals surface area contributed by atoms with Gasteiger partial charge in [-0.25, -0.2) is 4.98 Å². The second-order valence-corrected chi connectivity index (χ2v) is 6.98. The summed E-state index contributed by atoms with van der Waals surface area (Å²) in [6, 6.07) is 3.97. The van der Waals surface area contributed by atoms with Crippen LogP contribution < -0.4 is 5.32 Å². The minimum atomic E-state index is -0.536. The van der Waals surface area contributed by atoms with Crippen LogP contribution in [0, 0.1) is 0 Å². The summed E-state index contributed by atoms with van der Waals surface area (Å²) >= 11 is 5.29. The van der Waals surface area contributed by atoms with Crippen molar-refractivity contribution in [1.82, 2.24) is 14.7 Å². The number of nitrogens with zero attached hydrogens (tertiary/aromatic N) is 2. The van der Waals surface area contributed by atoms with Crippen LogP contribution in [0.4, 0.5) is 0 Å². The van der Waals surface area contributed by atoms with Crippen molar-refractivity contribution in [1.29, 1.82) is 0 Å². The van der Waals surface area contributed by atoms with Gasteiger partial charge in [0.05, 0.1) is 17.5 Å². The van der Waals surface area contributed by atoms with Crippen molar-refractivity contribution >= 4 is 33.3 Å². The van der Waals surface area contributed by atoms with Crippen LogP contribution in [0.15, 0.2) is 29.0 Å². The zero-order valence-corrected chi connectivity index (χ0v) is 12.9. The molecule has 102 valence electrons. The summed E-state index contributed by atoms with van der Waals surface area (Å²) < 4.78 is 3.09. The van der Waals surface area contributed by atoms with Crippen molar-refractivity contribution in [2.45, 2.75) is 18.6 Å². The number of aromatic nitrogens is 2. The first-order valence-corrected chi connectivity index (χ1v) is 8.23. The van der Waals surface area contributed by atoms with Crippen molar-refractivity contribution < 1.29 is 5.11 Å². The third kappa shape index (κ3) is 2.97. The summed E-state index contributed by atoms with van der Waals surface area (Å²) in [5.41, 5.74) is 1.51. The van der Waals surface area contributed by atoms with Crippen molar-refractivity contribution in [3.8, 4) is 0 Å². The summed E-state index contributed by atoms with van der Waals surface area (Å²) in [4.78, 5) is 4.36. The molecule has 2 aromatic heterocycles. The summed E-state index contributed by atoms with van der Waals surface area (Å²) in [5.74, 6) is 1.89. The standard InChI is InChI=1S/C13H16BrN3OS/c14-10-1-2-12-16-6-11(17(12)7-10)5-15-8-13(18)3-4-19-9-13/h1-2,6-7,15,18H,3-5,8-9H2. The second kappa shape index (κ2) is 5.44. The molecule has 4 nitrogen and oxygen atoms in total. The summed E-state index contributed by atoms with van der Waals surface area (Å²) in [5, 5.41) is 13.6. The molecule has 0 aliphatic carbocycles. The van der Waals surface area contributed by atoms with Crippen LogP contribution in [0.1, 0.15) is 12.1 Å². The van der Waals surface area contributed by atoms with Crippen LogP contribution in [0.5, 0.6) is 0 Å². The summed E-state index contributed by atoms with van der Waals surface area (Å²) in [7, 11) is 0. The van der Waals surface area contributed by atoms with E-state index in [2.05, 4.69) is 30.6 Å². The van der Waals surface area contributed by atoms with Gasteiger partial charge in [0.25, 0.3) is 0 Å². The minimum absolute atomic E-state index is 0.536. The van der Waals surface area contributed by atoms with Crippen LogP contribution in [-0.4, -0.2) is 38.1 Å². The van der Waals surface area contributed by atoms with E-state index in [0.717, 1.165) is 33.7 Å². The molecular formula is C13H16BrN3OS. The molecule has 2 aromatic rings. The Bertz CT molecular complexity index is 580. The van der Waals surface area contributed by atoms with Gasteiger partial charge in [-0.15, -0.1) is 0 Å². The van der Waals surface area contributed by atoms with E-state index in [4.69, 9.17) is 0 Å². The molecule has 19 heavy (non-hydrogen) atoms. The van der Waals surface area contributed by atoms with Gasteiger partial charge in [-0.2, -0.15) is 11.8 Å². The highest BCUT2D eigenvalue weighted by molar-refractivity contribution is 9.10. The van der Waals surface area contributed by atoms with E-state index in [9.17, 15) is 5.11 Å². The van der Waals surface area contributed by atoms with E-state index in [1.54, 1.807) is 0 Å². The monoisotopic (exact) mass is 341 g/mol. The Morgan fingerprint density at radius 1 is 1.53 bits per heavy atom. The smallest absolute Gasteiger partial charge is 0.136 e. The molecule has 0 aromatic carbocycles. The molecule has 6 heteroatoms. The third-order valence-electron chi connectivity index (χ3n) is 3.39. The molecule has 0 radical (unpaired) electrons. The molecule has 0 bridgehead atoms. The molecule has 1 atom stereocenters. The van der Waals surface area contributed by atoms with E-state index in [1.165, 1.54) is 0 Å². The maximum absolute atomic E-state index is 10.3. The zero-order chi connectivity index (χ0) is 13.3. The fourth-order valence-electron chi connectivity index (χ4n) is 2.30. The Morgan fingerprint density at radius 2 is 2.42 bits per heavy atom. The predicted octanol–water partition coefficient (Wildman–Crippen LogP) is 2.05.